The molecule has 1 aromatic heterocycles. The van der Waals surface area contributed by atoms with Crippen LogP contribution in [0.25, 0.3) is 11.3 Å². The molecule has 150 valence electrons. The molecule has 0 aliphatic rings. The van der Waals surface area contributed by atoms with Gasteiger partial charge in [0.25, 0.3) is 11.8 Å². The first kappa shape index (κ1) is 20.0. The number of nitrogens with two attached hydrogens (primary N) is 1. The van der Waals surface area contributed by atoms with Gasteiger partial charge in [-0.3, -0.25) is 25.5 Å². The van der Waals surface area contributed by atoms with Gasteiger partial charge in [0.15, 0.2) is 0 Å². The fraction of sp³-hybridized carbons (Fsp3) is 0.0556. The van der Waals surface area contributed by atoms with Crippen LogP contribution in [0.1, 0.15) is 20.8 Å². The van der Waals surface area contributed by atoms with Gasteiger partial charge >= 0.3 is 0 Å². The number of primary sulfonamides is 1. The number of H-pyrrole nitrogens is 1. The van der Waals surface area contributed by atoms with Gasteiger partial charge in [0.2, 0.25) is 10.0 Å². The van der Waals surface area contributed by atoms with Gasteiger partial charge in [0, 0.05) is 5.56 Å². The summed E-state index contributed by atoms with van der Waals surface area (Å²) in [5.74, 6) is -1.32. The number of benzene rings is 2. The fourth-order valence-electron chi connectivity index (χ4n) is 2.48. The second kappa shape index (κ2) is 8.12. The summed E-state index contributed by atoms with van der Waals surface area (Å²) in [6.45, 7) is 0. The van der Waals surface area contributed by atoms with Crippen molar-refractivity contribution in [3.8, 4) is 17.0 Å². The highest BCUT2D eigenvalue weighted by Gasteiger charge is 2.18. The molecule has 5 N–H and O–H groups in total. The largest absolute Gasteiger partial charge is 0.496 e. The Morgan fingerprint density at radius 3 is 2.38 bits per heavy atom. The molecule has 0 aliphatic heterocycles. The van der Waals surface area contributed by atoms with E-state index in [1.807, 2.05) is 30.3 Å². The van der Waals surface area contributed by atoms with E-state index in [-0.39, 0.29) is 21.9 Å². The number of aromatic amines is 1. The average molecular weight is 415 g/mol. The van der Waals surface area contributed by atoms with E-state index in [0.29, 0.717) is 5.69 Å². The zero-order valence-corrected chi connectivity index (χ0v) is 16.0. The molecule has 0 saturated carbocycles. The van der Waals surface area contributed by atoms with Gasteiger partial charge in [-0.1, -0.05) is 30.3 Å². The summed E-state index contributed by atoms with van der Waals surface area (Å²) >= 11 is 0. The van der Waals surface area contributed by atoms with E-state index in [1.54, 1.807) is 0 Å². The molecule has 0 spiro atoms. The highest BCUT2D eigenvalue weighted by molar-refractivity contribution is 7.89. The van der Waals surface area contributed by atoms with Crippen molar-refractivity contribution in [1.82, 2.24) is 21.0 Å². The van der Waals surface area contributed by atoms with E-state index < -0.39 is 21.8 Å². The smallest absolute Gasteiger partial charge is 0.287 e. The van der Waals surface area contributed by atoms with E-state index in [9.17, 15) is 18.0 Å². The Labute approximate surface area is 166 Å². The number of nitrogens with one attached hydrogen (secondary N) is 3. The standard InChI is InChI=1S/C18H17N5O5S/c1-28-16-8-7-12(29(19,26)27)9-13(16)17(24)22-23-18(25)15-10-14(20-21-15)11-5-3-2-4-6-11/h2-10H,1H3,(H,20,21)(H,22,24)(H,23,25)(H2,19,26,27). The Morgan fingerprint density at radius 1 is 1.03 bits per heavy atom. The maximum Gasteiger partial charge on any atom is 0.287 e. The number of carbonyl (C=O) groups is 2. The van der Waals surface area contributed by atoms with Crippen LogP contribution in [0, 0.1) is 0 Å². The van der Waals surface area contributed by atoms with Gasteiger partial charge in [-0.05, 0) is 24.3 Å². The number of amides is 2. The summed E-state index contributed by atoms with van der Waals surface area (Å²) in [4.78, 5) is 24.4. The van der Waals surface area contributed by atoms with E-state index in [4.69, 9.17) is 9.88 Å². The van der Waals surface area contributed by atoms with E-state index in [0.717, 1.165) is 11.6 Å². The van der Waals surface area contributed by atoms with Gasteiger partial charge in [-0.2, -0.15) is 5.10 Å². The Hall–Kier alpha value is -3.70. The number of ether oxygens (including phenoxy) is 1. The van der Waals surface area contributed by atoms with Crippen LogP contribution in [-0.2, 0) is 10.0 Å². The normalized spacial score (nSPS) is 11.0. The first-order valence-corrected chi connectivity index (χ1v) is 9.76. The second-order valence-electron chi connectivity index (χ2n) is 5.85. The maximum atomic E-state index is 12.4. The third-order valence-corrected chi connectivity index (χ3v) is 4.84. The molecular weight excluding hydrogens is 398 g/mol. The van der Waals surface area contributed by atoms with Crippen molar-refractivity contribution >= 4 is 21.8 Å². The summed E-state index contributed by atoms with van der Waals surface area (Å²) in [5.41, 5.74) is 5.80. The van der Waals surface area contributed by atoms with Crippen LogP contribution in [0.3, 0.4) is 0 Å². The zero-order valence-electron chi connectivity index (χ0n) is 15.2. The lowest BCUT2D eigenvalue weighted by Crippen LogP contribution is -2.42. The number of aromatic nitrogens is 2. The van der Waals surface area contributed by atoms with Crippen molar-refractivity contribution < 1.29 is 22.7 Å². The average Bonchev–Trinajstić information content (AvgIpc) is 3.21. The predicted octanol–water partition coefficient (Wildman–Crippen LogP) is 0.808. The third kappa shape index (κ3) is 4.59. The van der Waals surface area contributed by atoms with Gasteiger partial charge in [-0.15, -0.1) is 0 Å². The highest BCUT2D eigenvalue weighted by atomic mass is 32.2. The Balaban J connectivity index is 1.72. The van der Waals surface area contributed by atoms with E-state index in [1.165, 1.54) is 25.3 Å². The molecule has 0 unspecified atom stereocenters. The molecule has 0 saturated heterocycles. The molecule has 0 atom stereocenters. The number of carbonyl (C=O) groups excluding carboxylic acids is 2. The SMILES string of the molecule is COc1ccc(S(N)(=O)=O)cc1C(=O)NNC(=O)c1cc(-c2ccccc2)n[nH]1. The molecule has 0 bridgehead atoms. The number of sulfonamides is 1. The molecule has 2 amide bonds. The molecule has 29 heavy (non-hydrogen) atoms. The lowest BCUT2D eigenvalue weighted by Gasteiger charge is -2.11. The Morgan fingerprint density at radius 2 is 1.72 bits per heavy atom. The van der Waals surface area contributed by atoms with Crippen molar-refractivity contribution in [2.75, 3.05) is 7.11 Å². The third-order valence-electron chi connectivity index (χ3n) is 3.93. The number of hydrazine groups is 1. The summed E-state index contributed by atoms with van der Waals surface area (Å²) in [6.07, 6.45) is 0. The number of hydrogen-bond acceptors (Lipinski definition) is 6. The number of methoxy groups -OCH3 is 1. The van der Waals surface area contributed by atoms with E-state index in [2.05, 4.69) is 21.0 Å². The summed E-state index contributed by atoms with van der Waals surface area (Å²) in [6, 6.07) is 14.3. The monoisotopic (exact) mass is 415 g/mol. The van der Waals surface area contributed by atoms with Crippen molar-refractivity contribution in [3.05, 3.63) is 65.9 Å². The minimum Gasteiger partial charge on any atom is -0.496 e. The summed E-state index contributed by atoms with van der Waals surface area (Å²) in [5, 5.41) is 11.7. The lowest BCUT2D eigenvalue weighted by molar-refractivity contribution is 0.0842. The second-order valence-corrected chi connectivity index (χ2v) is 7.41. The topological polar surface area (TPSA) is 156 Å². The Kier molecular flexibility index (Phi) is 5.61. The molecule has 1 heterocycles. The van der Waals surface area contributed by atoms with Crippen LogP contribution >= 0.6 is 0 Å². The van der Waals surface area contributed by atoms with Gasteiger partial charge in [0.05, 0.1) is 23.3 Å². The quantitative estimate of drug-likeness (QED) is 0.452. The number of rotatable bonds is 5. The molecule has 11 heteroatoms. The van der Waals surface area contributed by atoms with Crippen molar-refractivity contribution in [2.45, 2.75) is 4.90 Å². The van der Waals surface area contributed by atoms with Crippen molar-refractivity contribution in [2.24, 2.45) is 5.14 Å². The van der Waals surface area contributed by atoms with Gasteiger partial charge < -0.3 is 4.74 Å². The minimum absolute atomic E-state index is 0.108. The maximum absolute atomic E-state index is 12.4. The van der Waals surface area contributed by atoms with Crippen LogP contribution in [0.15, 0.2) is 59.5 Å². The molecule has 3 rings (SSSR count). The number of nitrogens with zero attached hydrogens (tertiary/aromatic N) is 1. The van der Waals surface area contributed by atoms with Gasteiger partial charge in [0.1, 0.15) is 11.4 Å². The van der Waals surface area contributed by atoms with Crippen LogP contribution in [0.2, 0.25) is 0 Å². The lowest BCUT2D eigenvalue weighted by atomic mass is 10.1. The van der Waals surface area contributed by atoms with Crippen molar-refractivity contribution in [3.63, 3.8) is 0 Å². The fourth-order valence-corrected chi connectivity index (χ4v) is 3.02. The Bertz CT molecular complexity index is 1160. The molecule has 2 aromatic carbocycles. The zero-order chi connectivity index (χ0) is 21.0. The van der Waals surface area contributed by atoms with Crippen molar-refractivity contribution in [1.29, 1.82) is 0 Å². The summed E-state index contributed by atoms with van der Waals surface area (Å²) < 4.78 is 28.1. The van der Waals surface area contributed by atoms with Crippen LogP contribution in [0.5, 0.6) is 5.75 Å². The molecule has 0 fully saturated rings. The summed E-state index contributed by atoms with van der Waals surface area (Å²) in [7, 11) is -2.70. The first-order chi connectivity index (χ1) is 13.8. The molecule has 3 aromatic rings. The highest BCUT2D eigenvalue weighted by Crippen LogP contribution is 2.22. The first-order valence-electron chi connectivity index (χ1n) is 8.22. The van der Waals surface area contributed by atoms with Crippen LogP contribution in [0.4, 0.5) is 0 Å². The minimum atomic E-state index is -4.02. The van der Waals surface area contributed by atoms with Crippen LogP contribution in [-0.4, -0.2) is 37.5 Å². The molecular formula is C18H17N5O5S. The van der Waals surface area contributed by atoms with E-state index >= 15 is 0 Å². The van der Waals surface area contributed by atoms with Crippen LogP contribution < -0.4 is 20.7 Å². The predicted molar refractivity (Wildman–Crippen MR) is 103 cm³/mol. The van der Waals surface area contributed by atoms with Gasteiger partial charge in [-0.25, -0.2) is 13.6 Å². The molecule has 0 radical (unpaired) electrons. The number of hydrogen-bond donors (Lipinski definition) is 4. The molecule has 0 aliphatic carbocycles. The molecule has 10 nitrogen and oxygen atoms in total.